The Morgan fingerprint density at radius 1 is 1.30 bits per heavy atom. The number of nitrogens with one attached hydrogen (secondary N) is 1. The lowest BCUT2D eigenvalue weighted by Crippen LogP contribution is -2.52. The number of hydrogen-bond acceptors (Lipinski definition) is 4. The number of hydrogen-bond donors (Lipinski definition) is 1. The van der Waals surface area contributed by atoms with Crippen LogP contribution in [0.25, 0.3) is 0 Å². The van der Waals surface area contributed by atoms with E-state index < -0.39 is 0 Å². The minimum Gasteiger partial charge on any atom is -0.381 e. The summed E-state index contributed by atoms with van der Waals surface area (Å²) in [4.78, 5) is 20.6. The number of aromatic nitrogens is 1. The molecule has 0 bridgehead atoms. The van der Waals surface area contributed by atoms with Crippen LogP contribution in [0.1, 0.15) is 20.3 Å². The molecule has 1 aliphatic heterocycles. The third kappa shape index (κ3) is 6.06. The van der Waals surface area contributed by atoms with Crippen LogP contribution >= 0.6 is 0 Å². The molecule has 0 aliphatic carbocycles. The molecule has 0 radical (unpaired) electrons. The molecule has 1 fully saturated rings. The topological polar surface area (TPSA) is 57.7 Å². The van der Waals surface area contributed by atoms with E-state index in [1.54, 1.807) is 6.20 Å². The van der Waals surface area contributed by atoms with E-state index in [9.17, 15) is 4.79 Å². The second-order valence-electron chi connectivity index (χ2n) is 6.22. The maximum absolute atomic E-state index is 12.1. The predicted octanol–water partition coefficient (Wildman–Crippen LogP) is 1.98. The van der Waals surface area contributed by atoms with Crippen molar-refractivity contribution in [1.29, 1.82) is 0 Å². The van der Waals surface area contributed by atoms with Gasteiger partial charge in [-0.3, -0.25) is 0 Å². The molecule has 1 saturated heterocycles. The molecule has 1 aromatic heterocycles. The van der Waals surface area contributed by atoms with Gasteiger partial charge >= 0.3 is 6.03 Å². The monoisotopic (exact) mass is 320 g/mol. The van der Waals surface area contributed by atoms with Crippen molar-refractivity contribution >= 4 is 11.8 Å². The van der Waals surface area contributed by atoms with Crippen molar-refractivity contribution in [2.75, 3.05) is 50.8 Å². The lowest BCUT2D eigenvalue weighted by molar-refractivity contribution is 0.107. The molecule has 23 heavy (non-hydrogen) atoms. The largest absolute Gasteiger partial charge is 0.381 e. The highest BCUT2D eigenvalue weighted by molar-refractivity contribution is 5.74. The van der Waals surface area contributed by atoms with Crippen molar-refractivity contribution in [3.05, 3.63) is 24.4 Å². The molecule has 0 aromatic carbocycles. The molecule has 0 unspecified atom stereocenters. The molecule has 128 valence electrons. The van der Waals surface area contributed by atoms with Crippen LogP contribution in [0.5, 0.6) is 0 Å². The molecule has 1 aliphatic rings. The molecule has 2 amide bonds. The van der Waals surface area contributed by atoms with Gasteiger partial charge in [0, 0.05) is 52.1 Å². The van der Waals surface area contributed by atoms with E-state index in [0.717, 1.165) is 45.0 Å². The third-order valence-corrected chi connectivity index (χ3v) is 3.73. The number of piperazine rings is 1. The van der Waals surface area contributed by atoms with Gasteiger partial charge in [-0.05, 0) is 24.5 Å². The molecule has 0 spiro atoms. The number of rotatable bonds is 7. The maximum Gasteiger partial charge on any atom is 0.317 e. The number of amides is 2. The SMILES string of the molecule is CC(C)COCCCNC(=O)N1CCN(c2ccccn2)CC1. The van der Waals surface area contributed by atoms with Crippen molar-refractivity contribution < 1.29 is 9.53 Å². The summed E-state index contributed by atoms with van der Waals surface area (Å²) in [5, 5.41) is 2.97. The molecule has 0 saturated carbocycles. The van der Waals surface area contributed by atoms with Crippen LogP contribution in [-0.2, 0) is 4.74 Å². The first-order chi connectivity index (χ1) is 11.2. The van der Waals surface area contributed by atoms with Crippen LogP contribution in [0.3, 0.4) is 0 Å². The van der Waals surface area contributed by atoms with E-state index in [1.165, 1.54) is 0 Å². The highest BCUT2D eigenvalue weighted by Gasteiger charge is 2.21. The van der Waals surface area contributed by atoms with E-state index in [0.29, 0.717) is 19.1 Å². The average Bonchev–Trinajstić information content (AvgIpc) is 2.58. The molecular weight excluding hydrogens is 292 g/mol. The van der Waals surface area contributed by atoms with Crippen molar-refractivity contribution in [3.63, 3.8) is 0 Å². The minimum atomic E-state index is 0.0227. The minimum absolute atomic E-state index is 0.0227. The zero-order valence-electron chi connectivity index (χ0n) is 14.2. The number of anilines is 1. The Morgan fingerprint density at radius 2 is 2.09 bits per heavy atom. The smallest absolute Gasteiger partial charge is 0.317 e. The Labute approximate surface area is 138 Å². The van der Waals surface area contributed by atoms with Gasteiger partial charge in [0.2, 0.25) is 0 Å². The fraction of sp³-hybridized carbons (Fsp3) is 0.647. The summed E-state index contributed by atoms with van der Waals surface area (Å²) in [5.74, 6) is 1.54. The molecule has 6 nitrogen and oxygen atoms in total. The Kier molecular flexibility index (Phi) is 7.13. The Balaban J connectivity index is 1.60. The molecular formula is C17H28N4O2. The van der Waals surface area contributed by atoms with Crippen molar-refractivity contribution in [2.24, 2.45) is 5.92 Å². The summed E-state index contributed by atoms with van der Waals surface area (Å²) >= 11 is 0. The summed E-state index contributed by atoms with van der Waals surface area (Å²) in [5.41, 5.74) is 0. The van der Waals surface area contributed by atoms with Crippen LogP contribution in [-0.4, -0.2) is 61.9 Å². The van der Waals surface area contributed by atoms with Gasteiger partial charge in [-0.15, -0.1) is 0 Å². The molecule has 0 atom stereocenters. The van der Waals surface area contributed by atoms with E-state index in [2.05, 4.69) is 29.0 Å². The average molecular weight is 320 g/mol. The number of urea groups is 1. The standard InChI is InChI=1S/C17H28N4O2/c1-15(2)14-23-13-5-8-19-17(22)21-11-9-20(10-12-21)16-6-3-4-7-18-16/h3-4,6-7,15H,5,8-14H2,1-2H3,(H,19,22). The van der Waals surface area contributed by atoms with Crippen LogP contribution in [0, 0.1) is 5.92 Å². The zero-order valence-corrected chi connectivity index (χ0v) is 14.2. The molecule has 1 N–H and O–H groups in total. The second-order valence-corrected chi connectivity index (χ2v) is 6.22. The predicted molar refractivity (Wildman–Crippen MR) is 91.7 cm³/mol. The highest BCUT2D eigenvalue weighted by Crippen LogP contribution is 2.12. The number of carbonyl (C=O) groups excluding carboxylic acids is 1. The van der Waals surface area contributed by atoms with Crippen molar-refractivity contribution in [1.82, 2.24) is 15.2 Å². The fourth-order valence-electron chi connectivity index (χ4n) is 2.48. The van der Waals surface area contributed by atoms with Gasteiger partial charge in [0.05, 0.1) is 0 Å². The number of nitrogens with zero attached hydrogens (tertiary/aromatic N) is 3. The molecule has 1 aromatic rings. The van der Waals surface area contributed by atoms with Crippen LogP contribution in [0.4, 0.5) is 10.6 Å². The Bertz CT molecular complexity index is 459. The van der Waals surface area contributed by atoms with Crippen LogP contribution < -0.4 is 10.2 Å². The first-order valence-electron chi connectivity index (χ1n) is 8.43. The number of carbonyl (C=O) groups is 1. The summed E-state index contributed by atoms with van der Waals surface area (Å²) in [6.07, 6.45) is 2.65. The Morgan fingerprint density at radius 3 is 2.74 bits per heavy atom. The molecule has 6 heteroatoms. The van der Waals surface area contributed by atoms with E-state index in [-0.39, 0.29) is 6.03 Å². The summed E-state index contributed by atoms with van der Waals surface area (Å²) in [7, 11) is 0. The Hall–Kier alpha value is -1.82. The van der Waals surface area contributed by atoms with Crippen LogP contribution in [0.2, 0.25) is 0 Å². The normalized spacial score (nSPS) is 15.1. The summed E-state index contributed by atoms with van der Waals surface area (Å²) < 4.78 is 5.51. The summed E-state index contributed by atoms with van der Waals surface area (Å²) in [6, 6.07) is 5.93. The van der Waals surface area contributed by atoms with Gasteiger partial charge < -0.3 is 19.9 Å². The van der Waals surface area contributed by atoms with Gasteiger partial charge in [0.25, 0.3) is 0 Å². The van der Waals surface area contributed by atoms with Crippen LogP contribution in [0.15, 0.2) is 24.4 Å². The zero-order chi connectivity index (χ0) is 16.5. The summed E-state index contributed by atoms with van der Waals surface area (Å²) in [6.45, 7) is 9.51. The van der Waals surface area contributed by atoms with Gasteiger partial charge in [-0.2, -0.15) is 0 Å². The molecule has 2 heterocycles. The van der Waals surface area contributed by atoms with Crippen molar-refractivity contribution in [3.8, 4) is 0 Å². The first-order valence-corrected chi connectivity index (χ1v) is 8.43. The van der Waals surface area contributed by atoms with Crippen molar-refractivity contribution in [2.45, 2.75) is 20.3 Å². The number of ether oxygens (including phenoxy) is 1. The quantitative estimate of drug-likeness (QED) is 0.781. The first kappa shape index (κ1) is 17.5. The lowest BCUT2D eigenvalue weighted by atomic mass is 10.2. The van der Waals surface area contributed by atoms with E-state index in [4.69, 9.17) is 4.74 Å². The van der Waals surface area contributed by atoms with E-state index >= 15 is 0 Å². The number of pyridine rings is 1. The van der Waals surface area contributed by atoms with E-state index in [1.807, 2.05) is 23.1 Å². The van der Waals surface area contributed by atoms with Gasteiger partial charge in [-0.25, -0.2) is 9.78 Å². The van der Waals surface area contributed by atoms with Gasteiger partial charge in [-0.1, -0.05) is 19.9 Å². The second kappa shape index (κ2) is 9.35. The van der Waals surface area contributed by atoms with Gasteiger partial charge in [0.1, 0.15) is 5.82 Å². The van der Waals surface area contributed by atoms with Gasteiger partial charge in [0.15, 0.2) is 0 Å². The molecule has 2 rings (SSSR count). The fourth-order valence-corrected chi connectivity index (χ4v) is 2.48. The lowest BCUT2D eigenvalue weighted by Gasteiger charge is -2.35. The highest BCUT2D eigenvalue weighted by atomic mass is 16.5. The third-order valence-electron chi connectivity index (χ3n) is 3.73. The maximum atomic E-state index is 12.1.